The Hall–Kier alpha value is -2.46. The van der Waals surface area contributed by atoms with E-state index in [9.17, 15) is 14.0 Å². The molecule has 0 atom stereocenters. The smallest absolute Gasteiger partial charge is 0.258 e. The Morgan fingerprint density at radius 2 is 1.54 bits per heavy atom. The summed E-state index contributed by atoms with van der Waals surface area (Å²) in [5, 5.41) is 2.94. The van der Waals surface area contributed by atoms with E-state index in [4.69, 9.17) is 11.6 Å². The highest BCUT2D eigenvalue weighted by atomic mass is 35.5. The summed E-state index contributed by atoms with van der Waals surface area (Å²) in [6.45, 7) is 7.40. The molecule has 0 heterocycles. The minimum absolute atomic E-state index is 0.270. The van der Waals surface area contributed by atoms with Crippen LogP contribution in [-0.2, 0) is 9.59 Å². The van der Waals surface area contributed by atoms with Gasteiger partial charge in [-0.15, -0.1) is 0 Å². The summed E-state index contributed by atoms with van der Waals surface area (Å²) in [6, 6.07) is 12.4. The monoisotopic (exact) mass is 375 g/mol. The van der Waals surface area contributed by atoms with E-state index in [0.717, 1.165) is 5.56 Å². The molecule has 138 valence electrons. The van der Waals surface area contributed by atoms with Gasteiger partial charge in [-0.25, -0.2) is 4.39 Å². The van der Waals surface area contributed by atoms with Gasteiger partial charge in [0.15, 0.2) is 0 Å². The Kier molecular flexibility index (Phi) is 8.73. The van der Waals surface area contributed by atoms with Gasteiger partial charge in [0.25, 0.3) is 5.91 Å². The molecule has 0 unspecified atom stereocenters. The first-order valence-corrected chi connectivity index (χ1v) is 8.83. The lowest BCUT2D eigenvalue weighted by Crippen LogP contribution is -2.34. The number of nitrogens with one attached hydrogen (secondary N) is 1. The van der Waals surface area contributed by atoms with Crippen molar-refractivity contribution in [3.05, 3.63) is 70.5 Å². The predicted molar refractivity (Wildman–Crippen MR) is 105 cm³/mol. The second kappa shape index (κ2) is 10.5. The third-order valence-corrected chi connectivity index (χ3v) is 3.59. The third kappa shape index (κ3) is 6.45. The summed E-state index contributed by atoms with van der Waals surface area (Å²) < 4.78 is 13.1. The minimum atomic E-state index is -0.532. The molecule has 3 nitrogen and oxygen atoms in total. The SMILES string of the molecule is CC.CC(C)C(=O)NC(=O)/C(=C/c1ccc(Cl)cc1)c1ccc(F)cc1. The van der Waals surface area contributed by atoms with E-state index >= 15 is 0 Å². The molecule has 5 heteroatoms. The highest BCUT2D eigenvalue weighted by Crippen LogP contribution is 2.20. The van der Waals surface area contributed by atoms with Crippen molar-refractivity contribution in [2.45, 2.75) is 27.7 Å². The molecule has 1 N–H and O–H groups in total. The van der Waals surface area contributed by atoms with Crippen LogP contribution in [0.1, 0.15) is 38.8 Å². The van der Waals surface area contributed by atoms with E-state index in [2.05, 4.69) is 5.32 Å². The van der Waals surface area contributed by atoms with E-state index in [1.165, 1.54) is 24.3 Å². The highest BCUT2D eigenvalue weighted by molar-refractivity contribution is 6.30. The first kappa shape index (κ1) is 21.6. The molecular formula is C21H23ClFNO2. The molecule has 2 amide bonds. The van der Waals surface area contributed by atoms with Crippen molar-refractivity contribution < 1.29 is 14.0 Å². The van der Waals surface area contributed by atoms with E-state index in [1.54, 1.807) is 44.2 Å². The van der Waals surface area contributed by atoms with Crippen LogP contribution >= 0.6 is 11.6 Å². The van der Waals surface area contributed by atoms with E-state index in [0.29, 0.717) is 10.6 Å². The van der Waals surface area contributed by atoms with E-state index in [-0.39, 0.29) is 17.4 Å². The maximum absolute atomic E-state index is 13.1. The topological polar surface area (TPSA) is 46.2 Å². The summed E-state index contributed by atoms with van der Waals surface area (Å²) in [5.41, 5.74) is 1.53. The van der Waals surface area contributed by atoms with Gasteiger partial charge in [-0.2, -0.15) is 0 Å². The average Bonchev–Trinajstić information content (AvgIpc) is 2.63. The zero-order valence-corrected chi connectivity index (χ0v) is 16.1. The molecule has 0 aromatic heterocycles. The largest absolute Gasteiger partial charge is 0.292 e. The summed E-state index contributed by atoms with van der Waals surface area (Å²) in [7, 11) is 0. The van der Waals surface area contributed by atoms with Crippen LogP contribution < -0.4 is 5.32 Å². The molecule has 0 radical (unpaired) electrons. The maximum atomic E-state index is 13.1. The number of amides is 2. The number of carbonyl (C=O) groups is 2. The van der Waals surface area contributed by atoms with Crippen LogP contribution in [-0.4, -0.2) is 11.8 Å². The van der Waals surface area contributed by atoms with Gasteiger partial charge < -0.3 is 0 Å². The Morgan fingerprint density at radius 1 is 1.00 bits per heavy atom. The van der Waals surface area contributed by atoms with Crippen molar-refractivity contribution in [1.29, 1.82) is 0 Å². The van der Waals surface area contributed by atoms with Crippen molar-refractivity contribution in [1.82, 2.24) is 5.32 Å². The lowest BCUT2D eigenvalue weighted by Gasteiger charge is -2.10. The highest BCUT2D eigenvalue weighted by Gasteiger charge is 2.17. The van der Waals surface area contributed by atoms with Crippen molar-refractivity contribution >= 4 is 35.1 Å². The minimum Gasteiger partial charge on any atom is -0.292 e. The Morgan fingerprint density at radius 3 is 2.04 bits per heavy atom. The summed E-state index contributed by atoms with van der Waals surface area (Å²) in [4.78, 5) is 24.3. The normalized spacial score (nSPS) is 10.8. The van der Waals surface area contributed by atoms with Crippen LogP contribution in [0.5, 0.6) is 0 Å². The fourth-order valence-corrected chi connectivity index (χ4v) is 2.08. The molecule has 2 rings (SSSR count). The summed E-state index contributed by atoms with van der Waals surface area (Å²) in [5.74, 6) is -1.62. The number of halogens is 2. The second-order valence-electron chi connectivity index (χ2n) is 5.59. The number of carbonyl (C=O) groups excluding carboxylic acids is 2. The van der Waals surface area contributed by atoms with Crippen LogP contribution in [0, 0.1) is 11.7 Å². The molecule has 0 fully saturated rings. The molecule has 2 aromatic rings. The van der Waals surface area contributed by atoms with Gasteiger partial charge in [0.05, 0.1) is 0 Å². The predicted octanol–water partition coefficient (Wildman–Crippen LogP) is 5.34. The fraction of sp³-hybridized carbons (Fsp3) is 0.238. The maximum Gasteiger partial charge on any atom is 0.258 e. The van der Waals surface area contributed by atoms with Crippen LogP contribution in [0.2, 0.25) is 5.02 Å². The zero-order chi connectivity index (χ0) is 19.7. The number of imide groups is 1. The average molecular weight is 376 g/mol. The van der Waals surface area contributed by atoms with Gasteiger partial charge in [-0.05, 0) is 41.5 Å². The number of hydrogen-bond acceptors (Lipinski definition) is 2. The lowest BCUT2D eigenvalue weighted by atomic mass is 10.0. The van der Waals surface area contributed by atoms with Gasteiger partial charge in [-0.1, -0.05) is 63.6 Å². The van der Waals surface area contributed by atoms with Crippen LogP contribution in [0.25, 0.3) is 11.6 Å². The van der Waals surface area contributed by atoms with Gasteiger partial charge in [0, 0.05) is 16.5 Å². The van der Waals surface area contributed by atoms with Crippen molar-refractivity contribution in [3.63, 3.8) is 0 Å². The quantitative estimate of drug-likeness (QED) is 0.578. The van der Waals surface area contributed by atoms with Gasteiger partial charge in [-0.3, -0.25) is 14.9 Å². The molecule has 0 aliphatic carbocycles. The van der Waals surface area contributed by atoms with Crippen LogP contribution in [0.3, 0.4) is 0 Å². The molecule has 0 saturated heterocycles. The van der Waals surface area contributed by atoms with Crippen molar-refractivity contribution in [3.8, 4) is 0 Å². The summed E-state index contributed by atoms with van der Waals surface area (Å²) >= 11 is 5.86. The standard InChI is InChI=1S/C19H17ClFNO2.C2H6/c1-12(2)18(23)22-19(24)17(14-5-9-16(21)10-6-14)11-13-3-7-15(20)8-4-13;1-2/h3-12H,1-2H3,(H,22,23,24);1-2H3/b17-11+;. The Labute approximate surface area is 158 Å². The third-order valence-electron chi connectivity index (χ3n) is 3.34. The van der Waals surface area contributed by atoms with Gasteiger partial charge in [0.2, 0.25) is 5.91 Å². The molecule has 26 heavy (non-hydrogen) atoms. The van der Waals surface area contributed by atoms with Crippen LogP contribution in [0.4, 0.5) is 4.39 Å². The molecule has 0 spiro atoms. The molecule has 2 aromatic carbocycles. The molecule has 0 aliphatic heterocycles. The fourth-order valence-electron chi connectivity index (χ4n) is 1.96. The van der Waals surface area contributed by atoms with E-state index < -0.39 is 11.7 Å². The molecule has 0 bridgehead atoms. The number of hydrogen-bond donors (Lipinski definition) is 1. The lowest BCUT2D eigenvalue weighted by molar-refractivity contribution is -0.129. The van der Waals surface area contributed by atoms with Gasteiger partial charge in [0.1, 0.15) is 5.82 Å². The molecular weight excluding hydrogens is 353 g/mol. The zero-order valence-electron chi connectivity index (χ0n) is 15.3. The van der Waals surface area contributed by atoms with Crippen molar-refractivity contribution in [2.75, 3.05) is 0 Å². The van der Waals surface area contributed by atoms with E-state index in [1.807, 2.05) is 13.8 Å². The Balaban J connectivity index is 0.00000163. The summed E-state index contributed by atoms with van der Waals surface area (Å²) in [6.07, 6.45) is 1.63. The molecule has 0 aliphatic rings. The van der Waals surface area contributed by atoms with Gasteiger partial charge >= 0.3 is 0 Å². The van der Waals surface area contributed by atoms with Crippen LogP contribution in [0.15, 0.2) is 48.5 Å². The second-order valence-corrected chi connectivity index (χ2v) is 6.03. The Bertz CT molecular complexity index is 766. The van der Waals surface area contributed by atoms with Crippen molar-refractivity contribution in [2.24, 2.45) is 5.92 Å². The number of benzene rings is 2. The first-order chi connectivity index (χ1) is 12.4. The first-order valence-electron chi connectivity index (χ1n) is 8.45. The molecule has 0 saturated carbocycles. The number of rotatable bonds is 4.